The molecule has 0 bridgehead atoms. The van der Waals surface area contributed by atoms with E-state index < -0.39 is 5.97 Å². The standard InChI is InChI=1S/C14H17N3O2/c1-8(2)17-15-12(13(16-17)14(18)19)11-6-5-9(3)7-10(11)4/h5-8H,1-4H3,(H,18,19). The largest absolute Gasteiger partial charge is 0.476 e. The third-order valence-corrected chi connectivity index (χ3v) is 2.93. The topological polar surface area (TPSA) is 68.0 Å². The molecule has 2 rings (SSSR count). The molecule has 100 valence electrons. The number of benzene rings is 1. The van der Waals surface area contributed by atoms with Crippen LogP contribution in [0.25, 0.3) is 11.3 Å². The first kappa shape index (κ1) is 13.3. The Morgan fingerprint density at radius 1 is 1.26 bits per heavy atom. The Kier molecular flexibility index (Phi) is 3.38. The molecule has 0 aliphatic carbocycles. The second-order valence-electron chi connectivity index (χ2n) is 4.93. The van der Waals surface area contributed by atoms with Crippen molar-refractivity contribution in [2.24, 2.45) is 0 Å². The van der Waals surface area contributed by atoms with Crippen molar-refractivity contribution in [3.05, 3.63) is 35.0 Å². The maximum Gasteiger partial charge on any atom is 0.358 e. The van der Waals surface area contributed by atoms with E-state index in [-0.39, 0.29) is 11.7 Å². The second-order valence-corrected chi connectivity index (χ2v) is 4.93. The first-order valence-electron chi connectivity index (χ1n) is 6.18. The van der Waals surface area contributed by atoms with E-state index in [1.165, 1.54) is 4.80 Å². The van der Waals surface area contributed by atoms with Crippen molar-refractivity contribution in [1.82, 2.24) is 15.0 Å². The molecule has 0 fully saturated rings. The normalized spacial score (nSPS) is 11.0. The minimum Gasteiger partial charge on any atom is -0.476 e. The van der Waals surface area contributed by atoms with Gasteiger partial charge in [-0.15, -0.1) is 5.10 Å². The Labute approximate surface area is 111 Å². The van der Waals surface area contributed by atoms with Gasteiger partial charge in [-0.1, -0.05) is 23.8 Å². The maximum atomic E-state index is 11.3. The number of carboxylic acids is 1. The molecule has 1 heterocycles. The van der Waals surface area contributed by atoms with E-state index >= 15 is 0 Å². The van der Waals surface area contributed by atoms with Crippen LogP contribution in [0.3, 0.4) is 0 Å². The zero-order valence-corrected chi connectivity index (χ0v) is 11.5. The van der Waals surface area contributed by atoms with Crippen molar-refractivity contribution in [2.75, 3.05) is 0 Å². The molecule has 0 amide bonds. The highest BCUT2D eigenvalue weighted by atomic mass is 16.4. The van der Waals surface area contributed by atoms with Gasteiger partial charge in [0.15, 0.2) is 5.69 Å². The molecule has 19 heavy (non-hydrogen) atoms. The summed E-state index contributed by atoms with van der Waals surface area (Å²) in [6.45, 7) is 7.77. The quantitative estimate of drug-likeness (QED) is 0.920. The van der Waals surface area contributed by atoms with Gasteiger partial charge < -0.3 is 5.11 Å². The molecule has 1 N–H and O–H groups in total. The van der Waals surface area contributed by atoms with E-state index in [1.54, 1.807) is 0 Å². The molecule has 5 heteroatoms. The molecule has 0 saturated heterocycles. The van der Waals surface area contributed by atoms with Crippen molar-refractivity contribution in [3.63, 3.8) is 0 Å². The van der Waals surface area contributed by atoms with E-state index in [0.717, 1.165) is 16.7 Å². The minimum absolute atomic E-state index is 0.000605. The number of aryl methyl sites for hydroxylation is 2. The number of carbonyl (C=O) groups is 1. The lowest BCUT2D eigenvalue weighted by Gasteiger charge is -2.04. The Bertz CT molecular complexity index is 630. The Hall–Kier alpha value is -2.17. The van der Waals surface area contributed by atoms with Gasteiger partial charge >= 0.3 is 5.97 Å². The molecule has 0 radical (unpaired) electrons. The van der Waals surface area contributed by atoms with E-state index in [2.05, 4.69) is 10.2 Å². The van der Waals surface area contributed by atoms with E-state index in [9.17, 15) is 9.90 Å². The molecule has 0 aliphatic heterocycles. The molecular formula is C14H17N3O2. The number of aromatic nitrogens is 3. The fraction of sp³-hybridized carbons (Fsp3) is 0.357. The van der Waals surface area contributed by atoms with Crippen molar-refractivity contribution < 1.29 is 9.90 Å². The summed E-state index contributed by atoms with van der Waals surface area (Å²) in [7, 11) is 0. The van der Waals surface area contributed by atoms with Crippen LogP contribution < -0.4 is 0 Å². The van der Waals surface area contributed by atoms with Gasteiger partial charge in [-0.25, -0.2) is 4.79 Å². The van der Waals surface area contributed by atoms with Crippen molar-refractivity contribution in [3.8, 4) is 11.3 Å². The summed E-state index contributed by atoms with van der Waals surface area (Å²) >= 11 is 0. The predicted octanol–water partition coefficient (Wildman–Crippen LogP) is 2.84. The monoisotopic (exact) mass is 259 g/mol. The molecule has 0 saturated carbocycles. The van der Waals surface area contributed by atoms with E-state index in [1.807, 2.05) is 45.9 Å². The van der Waals surface area contributed by atoms with Gasteiger partial charge in [0.1, 0.15) is 5.69 Å². The summed E-state index contributed by atoms with van der Waals surface area (Å²) in [6.07, 6.45) is 0. The number of hydrogen-bond acceptors (Lipinski definition) is 3. The van der Waals surface area contributed by atoms with E-state index in [4.69, 9.17) is 0 Å². The average molecular weight is 259 g/mol. The molecule has 5 nitrogen and oxygen atoms in total. The van der Waals surface area contributed by atoms with Gasteiger partial charge in [-0.3, -0.25) is 0 Å². The zero-order chi connectivity index (χ0) is 14.2. The van der Waals surface area contributed by atoms with Gasteiger partial charge in [0, 0.05) is 5.56 Å². The van der Waals surface area contributed by atoms with Gasteiger partial charge in [0.05, 0.1) is 6.04 Å². The second kappa shape index (κ2) is 4.84. The molecule has 0 aliphatic rings. The first-order valence-corrected chi connectivity index (χ1v) is 6.18. The van der Waals surface area contributed by atoms with Gasteiger partial charge in [-0.2, -0.15) is 9.90 Å². The Morgan fingerprint density at radius 2 is 1.95 bits per heavy atom. The number of rotatable bonds is 3. The van der Waals surface area contributed by atoms with Crippen molar-refractivity contribution >= 4 is 5.97 Å². The molecule has 1 aromatic heterocycles. The van der Waals surface area contributed by atoms with Crippen LogP contribution in [-0.4, -0.2) is 26.1 Å². The highest BCUT2D eigenvalue weighted by Gasteiger charge is 2.21. The van der Waals surface area contributed by atoms with Crippen LogP contribution >= 0.6 is 0 Å². The molecular weight excluding hydrogens is 242 g/mol. The lowest BCUT2D eigenvalue weighted by Crippen LogP contribution is -2.06. The van der Waals surface area contributed by atoms with Crippen LogP contribution in [0.15, 0.2) is 18.2 Å². The Balaban J connectivity index is 2.63. The van der Waals surface area contributed by atoms with E-state index in [0.29, 0.717) is 5.69 Å². The SMILES string of the molecule is Cc1ccc(-c2nn(C(C)C)nc2C(=O)O)c(C)c1. The van der Waals surface area contributed by atoms with Gasteiger partial charge in [0.2, 0.25) is 0 Å². The summed E-state index contributed by atoms with van der Waals surface area (Å²) in [5.74, 6) is -1.05. The average Bonchev–Trinajstić information content (AvgIpc) is 2.73. The number of nitrogens with zero attached hydrogens (tertiary/aromatic N) is 3. The van der Waals surface area contributed by atoms with Crippen LogP contribution in [0, 0.1) is 13.8 Å². The third-order valence-electron chi connectivity index (χ3n) is 2.93. The summed E-state index contributed by atoms with van der Waals surface area (Å²) in [6, 6.07) is 5.88. The number of hydrogen-bond donors (Lipinski definition) is 1. The zero-order valence-electron chi connectivity index (χ0n) is 11.5. The fourth-order valence-electron chi connectivity index (χ4n) is 1.96. The molecule has 0 spiro atoms. The number of carboxylic acid groups (broad SMARTS) is 1. The van der Waals surface area contributed by atoms with Crippen molar-refractivity contribution in [2.45, 2.75) is 33.7 Å². The lowest BCUT2D eigenvalue weighted by molar-refractivity contribution is 0.0690. The van der Waals surface area contributed by atoms with Crippen LogP contribution in [0.2, 0.25) is 0 Å². The minimum atomic E-state index is -1.05. The fourth-order valence-corrected chi connectivity index (χ4v) is 1.96. The lowest BCUT2D eigenvalue weighted by atomic mass is 10.0. The van der Waals surface area contributed by atoms with Gasteiger partial charge in [-0.05, 0) is 33.3 Å². The van der Waals surface area contributed by atoms with Gasteiger partial charge in [0.25, 0.3) is 0 Å². The van der Waals surface area contributed by atoms with Crippen LogP contribution in [0.1, 0.15) is 41.5 Å². The maximum absolute atomic E-state index is 11.3. The molecule has 2 aromatic rings. The summed E-state index contributed by atoms with van der Waals surface area (Å²) < 4.78 is 0. The first-order chi connectivity index (χ1) is 8.90. The van der Waals surface area contributed by atoms with Crippen LogP contribution in [0.4, 0.5) is 0 Å². The third kappa shape index (κ3) is 2.50. The highest BCUT2D eigenvalue weighted by Crippen LogP contribution is 2.25. The number of aromatic carboxylic acids is 1. The molecule has 0 unspecified atom stereocenters. The summed E-state index contributed by atoms with van der Waals surface area (Å²) in [5, 5.41) is 17.6. The summed E-state index contributed by atoms with van der Waals surface area (Å²) in [4.78, 5) is 12.7. The van der Waals surface area contributed by atoms with Crippen molar-refractivity contribution in [1.29, 1.82) is 0 Å². The molecule has 1 aromatic carbocycles. The van der Waals surface area contributed by atoms with Crippen LogP contribution in [0.5, 0.6) is 0 Å². The highest BCUT2D eigenvalue weighted by molar-refractivity contribution is 5.92. The smallest absolute Gasteiger partial charge is 0.358 e. The summed E-state index contributed by atoms with van der Waals surface area (Å²) in [5.41, 5.74) is 3.38. The molecule has 0 atom stereocenters. The predicted molar refractivity (Wildman–Crippen MR) is 72.3 cm³/mol. The van der Waals surface area contributed by atoms with Crippen LogP contribution in [-0.2, 0) is 0 Å². The Morgan fingerprint density at radius 3 is 2.47 bits per heavy atom.